The third kappa shape index (κ3) is 5.26. The average molecular weight is 495 g/mol. The standard InChI is InChI=1S/C32H34N2O3/c1-5-36-30-20-31-28(29(21-37-31)25-11-9-22(2)10-12-25)19-27(30)24(4)18-32(35)34-15-13-33(14-16-34)26-8-6-7-23(3)17-26/h6-12,17-21H,5,13-16H2,1-4H3/b24-18+. The summed E-state index contributed by atoms with van der Waals surface area (Å²) in [6.07, 6.45) is 3.55. The van der Waals surface area contributed by atoms with Crippen LogP contribution in [0.5, 0.6) is 5.75 Å². The fourth-order valence-electron chi connectivity index (χ4n) is 4.96. The van der Waals surface area contributed by atoms with Crippen molar-refractivity contribution < 1.29 is 13.9 Å². The smallest absolute Gasteiger partial charge is 0.246 e. The SMILES string of the molecule is CCOc1cc2occ(-c3ccc(C)cc3)c2cc1/C(C)=C/C(=O)N1CCN(c2cccc(C)c2)CC1. The van der Waals surface area contributed by atoms with Gasteiger partial charge < -0.3 is 19.0 Å². The number of carbonyl (C=O) groups is 1. The lowest BCUT2D eigenvalue weighted by atomic mass is 9.98. The first-order valence-corrected chi connectivity index (χ1v) is 13.0. The Morgan fingerprint density at radius 2 is 1.73 bits per heavy atom. The van der Waals surface area contributed by atoms with Crippen molar-refractivity contribution in [3.63, 3.8) is 0 Å². The van der Waals surface area contributed by atoms with Crippen LogP contribution in [0.1, 0.15) is 30.5 Å². The van der Waals surface area contributed by atoms with Crippen molar-refractivity contribution in [3.8, 4) is 16.9 Å². The summed E-state index contributed by atoms with van der Waals surface area (Å²) in [5.74, 6) is 0.764. The largest absolute Gasteiger partial charge is 0.493 e. The highest BCUT2D eigenvalue weighted by Crippen LogP contribution is 2.37. The number of amides is 1. The van der Waals surface area contributed by atoms with Gasteiger partial charge in [-0.3, -0.25) is 4.79 Å². The number of allylic oxidation sites excluding steroid dienone is 1. The normalized spacial score (nSPS) is 14.3. The minimum atomic E-state index is 0.0369. The maximum absolute atomic E-state index is 13.3. The molecule has 5 heteroatoms. The summed E-state index contributed by atoms with van der Waals surface area (Å²) in [4.78, 5) is 17.5. The first-order chi connectivity index (χ1) is 17.9. The number of hydrogen-bond acceptors (Lipinski definition) is 4. The molecule has 1 aliphatic rings. The molecular formula is C32H34N2O3. The molecule has 1 fully saturated rings. The average Bonchev–Trinajstić information content (AvgIpc) is 3.31. The topological polar surface area (TPSA) is 45.9 Å². The molecule has 0 unspecified atom stereocenters. The Kier molecular flexibility index (Phi) is 7.04. The molecule has 3 aromatic carbocycles. The van der Waals surface area contributed by atoms with E-state index in [0.29, 0.717) is 19.7 Å². The summed E-state index contributed by atoms with van der Waals surface area (Å²) >= 11 is 0. The molecule has 1 aromatic heterocycles. The highest BCUT2D eigenvalue weighted by molar-refractivity contribution is 6.00. The second kappa shape index (κ2) is 10.6. The quantitative estimate of drug-likeness (QED) is 0.275. The number of piperazine rings is 1. The van der Waals surface area contributed by atoms with E-state index < -0.39 is 0 Å². The molecule has 0 spiro atoms. The van der Waals surface area contributed by atoms with Crippen molar-refractivity contribution in [1.29, 1.82) is 0 Å². The van der Waals surface area contributed by atoms with Gasteiger partial charge in [-0.25, -0.2) is 0 Å². The highest BCUT2D eigenvalue weighted by atomic mass is 16.5. The predicted molar refractivity (Wildman–Crippen MR) is 151 cm³/mol. The van der Waals surface area contributed by atoms with E-state index in [-0.39, 0.29) is 5.91 Å². The number of aryl methyl sites for hydroxylation is 2. The fourth-order valence-corrected chi connectivity index (χ4v) is 4.96. The summed E-state index contributed by atoms with van der Waals surface area (Å²) in [6, 6.07) is 21.0. The molecule has 37 heavy (non-hydrogen) atoms. The van der Waals surface area contributed by atoms with E-state index in [0.717, 1.165) is 52.1 Å². The minimum absolute atomic E-state index is 0.0369. The second-order valence-electron chi connectivity index (χ2n) is 9.77. The molecule has 5 rings (SSSR count). The van der Waals surface area contributed by atoms with Gasteiger partial charge in [-0.2, -0.15) is 0 Å². The van der Waals surface area contributed by atoms with E-state index in [1.165, 1.54) is 16.8 Å². The molecule has 1 amide bonds. The summed E-state index contributed by atoms with van der Waals surface area (Å²) < 4.78 is 11.9. The van der Waals surface area contributed by atoms with Crippen molar-refractivity contribution in [2.24, 2.45) is 0 Å². The molecule has 0 radical (unpaired) electrons. The van der Waals surface area contributed by atoms with Gasteiger partial charge in [0.1, 0.15) is 11.3 Å². The van der Waals surface area contributed by atoms with Gasteiger partial charge in [0.15, 0.2) is 0 Å². The lowest BCUT2D eigenvalue weighted by Crippen LogP contribution is -2.48. The lowest BCUT2D eigenvalue weighted by molar-refractivity contribution is -0.126. The monoisotopic (exact) mass is 494 g/mol. The van der Waals surface area contributed by atoms with Crippen LogP contribution in [0.2, 0.25) is 0 Å². The van der Waals surface area contributed by atoms with E-state index in [4.69, 9.17) is 9.15 Å². The molecule has 4 aromatic rings. The molecule has 0 saturated carbocycles. The number of carbonyl (C=O) groups excluding carboxylic acids is 1. The Balaban J connectivity index is 1.39. The second-order valence-corrected chi connectivity index (χ2v) is 9.77. The van der Waals surface area contributed by atoms with Crippen molar-refractivity contribution in [2.45, 2.75) is 27.7 Å². The van der Waals surface area contributed by atoms with Gasteiger partial charge >= 0.3 is 0 Å². The van der Waals surface area contributed by atoms with Crippen molar-refractivity contribution in [2.75, 3.05) is 37.7 Å². The Labute approximate surface area is 219 Å². The van der Waals surface area contributed by atoms with Crippen LogP contribution in [0.25, 0.3) is 27.7 Å². The van der Waals surface area contributed by atoms with E-state index in [9.17, 15) is 4.79 Å². The molecule has 0 N–H and O–H groups in total. The summed E-state index contributed by atoms with van der Waals surface area (Å²) in [7, 11) is 0. The Morgan fingerprint density at radius 1 is 0.973 bits per heavy atom. The molecule has 0 atom stereocenters. The zero-order valence-corrected chi connectivity index (χ0v) is 22.1. The van der Waals surface area contributed by atoms with E-state index >= 15 is 0 Å². The molecule has 2 heterocycles. The fraction of sp³-hybridized carbons (Fsp3) is 0.281. The number of benzene rings is 3. The van der Waals surface area contributed by atoms with Crippen LogP contribution in [0.3, 0.4) is 0 Å². The third-order valence-electron chi connectivity index (χ3n) is 7.06. The molecule has 0 aliphatic carbocycles. The maximum atomic E-state index is 13.3. The molecule has 5 nitrogen and oxygen atoms in total. The number of ether oxygens (including phenoxy) is 1. The van der Waals surface area contributed by atoms with Crippen LogP contribution >= 0.6 is 0 Å². The number of nitrogens with zero attached hydrogens (tertiary/aromatic N) is 2. The number of anilines is 1. The van der Waals surface area contributed by atoms with Gasteiger partial charge in [0.2, 0.25) is 5.91 Å². The number of fused-ring (bicyclic) bond motifs is 1. The van der Waals surface area contributed by atoms with Crippen LogP contribution in [-0.4, -0.2) is 43.6 Å². The number of furan rings is 1. The van der Waals surface area contributed by atoms with Gasteiger partial charge in [-0.1, -0.05) is 42.0 Å². The third-order valence-corrected chi connectivity index (χ3v) is 7.06. The van der Waals surface area contributed by atoms with Crippen LogP contribution in [0.4, 0.5) is 5.69 Å². The first-order valence-electron chi connectivity index (χ1n) is 13.0. The molecule has 190 valence electrons. The van der Waals surface area contributed by atoms with Crippen molar-refractivity contribution >= 4 is 28.1 Å². The van der Waals surface area contributed by atoms with Gasteiger partial charge in [0.05, 0.1) is 12.9 Å². The van der Waals surface area contributed by atoms with Gasteiger partial charge in [0.25, 0.3) is 0 Å². The number of hydrogen-bond donors (Lipinski definition) is 0. The van der Waals surface area contributed by atoms with Gasteiger partial charge in [-0.15, -0.1) is 0 Å². The van der Waals surface area contributed by atoms with Crippen molar-refractivity contribution in [1.82, 2.24) is 4.90 Å². The Morgan fingerprint density at radius 3 is 2.43 bits per heavy atom. The molecule has 1 aliphatic heterocycles. The molecule has 1 saturated heterocycles. The lowest BCUT2D eigenvalue weighted by Gasteiger charge is -2.36. The van der Waals surface area contributed by atoms with Crippen LogP contribution < -0.4 is 9.64 Å². The van der Waals surface area contributed by atoms with E-state index in [1.807, 2.05) is 24.8 Å². The van der Waals surface area contributed by atoms with Gasteiger partial charge in [-0.05, 0) is 62.6 Å². The zero-order valence-electron chi connectivity index (χ0n) is 22.1. The van der Waals surface area contributed by atoms with Crippen LogP contribution in [0, 0.1) is 13.8 Å². The Hall–Kier alpha value is -3.99. The highest BCUT2D eigenvalue weighted by Gasteiger charge is 2.21. The van der Waals surface area contributed by atoms with Crippen LogP contribution in [0.15, 0.2) is 77.4 Å². The zero-order chi connectivity index (χ0) is 25.9. The van der Waals surface area contributed by atoms with Gasteiger partial charge in [0, 0.05) is 60.5 Å². The Bertz CT molecular complexity index is 1440. The summed E-state index contributed by atoms with van der Waals surface area (Å²) in [6.45, 7) is 11.7. The predicted octanol–water partition coefficient (Wildman–Crippen LogP) is 6.87. The van der Waals surface area contributed by atoms with E-state index in [2.05, 4.69) is 73.3 Å². The van der Waals surface area contributed by atoms with E-state index in [1.54, 1.807) is 12.3 Å². The van der Waals surface area contributed by atoms with Crippen molar-refractivity contribution in [3.05, 3.63) is 89.7 Å². The summed E-state index contributed by atoms with van der Waals surface area (Å²) in [5, 5.41) is 1.01. The molecular weight excluding hydrogens is 460 g/mol. The minimum Gasteiger partial charge on any atom is -0.493 e. The molecule has 0 bridgehead atoms. The van der Waals surface area contributed by atoms with Crippen LogP contribution in [-0.2, 0) is 4.79 Å². The first kappa shape index (κ1) is 24.7. The number of rotatable bonds is 6. The maximum Gasteiger partial charge on any atom is 0.246 e. The summed E-state index contributed by atoms with van der Waals surface area (Å²) in [5.41, 5.74) is 8.39.